The number of ether oxygens (including phenoxy) is 1. The summed E-state index contributed by atoms with van der Waals surface area (Å²) in [6.07, 6.45) is -0.588. The minimum absolute atomic E-state index is 0.114. The van der Waals surface area contributed by atoms with E-state index < -0.39 is 12.1 Å². The van der Waals surface area contributed by atoms with Gasteiger partial charge < -0.3 is 10.1 Å². The predicted octanol–water partition coefficient (Wildman–Crippen LogP) is 1.27. The van der Waals surface area contributed by atoms with Crippen LogP contribution in [0.5, 0.6) is 0 Å². The normalized spacial score (nSPS) is 32.4. The number of carbonyl (C=O) groups excluding carboxylic acids is 1. The Kier molecular flexibility index (Phi) is 3.86. The molecule has 1 saturated heterocycles. The molecule has 82 valence electrons. The lowest BCUT2D eigenvalue weighted by atomic mass is 9.97. The van der Waals surface area contributed by atoms with Gasteiger partial charge in [-0.1, -0.05) is 6.92 Å². The van der Waals surface area contributed by atoms with Crippen LogP contribution in [-0.4, -0.2) is 30.8 Å². The molecular formula is C10H18FNO2. The van der Waals surface area contributed by atoms with Gasteiger partial charge >= 0.3 is 0 Å². The van der Waals surface area contributed by atoms with Gasteiger partial charge in [-0.3, -0.25) is 4.79 Å². The van der Waals surface area contributed by atoms with Crippen molar-refractivity contribution in [2.75, 3.05) is 6.61 Å². The van der Waals surface area contributed by atoms with Crippen LogP contribution < -0.4 is 5.32 Å². The fourth-order valence-electron chi connectivity index (χ4n) is 1.72. The lowest BCUT2D eigenvalue weighted by molar-refractivity contribution is -0.124. The van der Waals surface area contributed by atoms with E-state index in [1.165, 1.54) is 0 Å². The van der Waals surface area contributed by atoms with E-state index in [-0.39, 0.29) is 18.1 Å². The summed E-state index contributed by atoms with van der Waals surface area (Å²) in [6, 6.07) is -0.162. The Bertz CT molecular complexity index is 208. The van der Waals surface area contributed by atoms with Crippen molar-refractivity contribution in [3.63, 3.8) is 0 Å². The zero-order valence-corrected chi connectivity index (χ0v) is 8.92. The topological polar surface area (TPSA) is 38.3 Å². The van der Waals surface area contributed by atoms with Gasteiger partial charge in [0.05, 0.1) is 18.8 Å². The molecule has 14 heavy (non-hydrogen) atoms. The fraction of sp³-hybridized carbons (Fsp3) is 0.900. The van der Waals surface area contributed by atoms with Gasteiger partial charge in [0.2, 0.25) is 0 Å². The van der Waals surface area contributed by atoms with Crippen LogP contribution in [-0.2, 0) is 9.53 Å². The summed E-state index contributed by atoms with van der Waals surface area (Å²) in [6.45, 7) is 6.14. The van der Waals surface area contributed by atoms with E-state index in [1.54, 1.807) is 0 Å². The molecule has 0 spiro atoms. The number of halogens is 1. The van der Waals surface area contributed by atoms with Gasteiger partial charge in [-0.15, -0.1) is 0 Å². The summed E-state index contributed by atoms with van der Waals surface area (Å²) in [7, 11) is 0. The second-order valence-electron chi connectivity index (χ2n) is 3.97. The molecule has 0 aromatic rings. The van der Waals surface area contributed by atoms with Gasteiger partial charge in [0.1, 0.15) is 0 Å². The lowest BCUT2D eigenvalue weighted by Crippen LogP contribution is -2.34. The number of carbonyl (C=O) groups is 1. The van der Waals surface area contributed by atoms with E-state index in [0.29, 0.717) is 13.0 Å². The molecule has 0 bridgehead atoms. The van der Waals surface area contributed by atoms with Crippen molar-refractivity contribution in [1.29, 1.82) is 0 Å². The number of hydrogen-bond donors (Lipinski definition) is 1. The molecule has 0 saturated carbocycles. The number of amides is 1. The largest absolute Gasteiger partial charge is 0.377 e. The minimum atomic E-state index is -1.36. The Hall–Kier alpha value is -0.640. The zero-order chi connectivity index (χ0) is 10.7. The third kappa shape index (κ3) is 2.44. The molecule has 0 aromatic heterocycles. The third-order valence-electron chi connectivity index (χ3n) is 2.55. The Morgan fingerprint density at radius 3 is 2.71 bits per heavy atom. The van der Waals surface area contributed by atoms with Crippen molar-refractivity contribution in [2.24, 2.45) is 5.92 Å². The Labute approximate surface area is 84.0 Å². The Morgan fingerprint density at radius 2 is 2.21 bits per heavy atom. The molecule has 1 fully saturated rings. The van der Waals surface area contributed by atoms with E-state index in [1.807, 2.05) is 20.8 Å². The monoisotopic (exact) mass is 203 g/mol. The lowest BCUT2D eigenvalue weighted by Gasteiger charge is -2.19. The first-order valence-electron chi connectivity index (χ1n) is 5.12. The van der Waals surface area contributed by atoms with Gasteiger partial charge in [0, 0.05) is 5.92 Å². The highest BCUT2D eigenvalue weighted by atomic mass is 19.1. The number of alkyl halides is 1. The molecule has 1 aliphatic rings. The second-order valence-corrected chi connectivity index (χ2v) is 3.97. The van der Waals surface area contributed by atoms with Crippen LogP contribution in [0.3, 0.4) is 0 Å². The number of hydrogen-bond acceptors (Lipinski definition) is 2. The van der Waals surface area contributed by atoms with Crippen molar-refractivity contribution in [3.05, 3.63) is 0 Å². The number of rotatable bonds is 4. The van der Waals surface area contributed by atoms with E-state index in [2.05, 4.69) is 5.32 Å². The SMILES string of the molecule is CC[C@@H]1[C@H](F)C(=O)N[C@@H]1COC(C)C. The fourth-order valence-corrected chi connectivity index (χ4v) is 1.72. The maximum atomic E-state index is 13.3. The van der Waals surface area contributed by atoms with Crippen molar-refractivity contribution < 1.29 is 13.9 Å². The molecule has 3 nitrogen and oxygen atoms in total. The van der Waals surface area contributed by atoms with E-state index >= 15 is 0 Å². The molecule has 3 atom stereocenters. The smallest absolute Gasteiger partial charge is 0.255 e. The quantitative estimate of drug-likeness (QED) is 0.747. The van der Waals surface area contributed by atoms with Crippen molar-refractivity contribution in [2.45, 2.75) is 45.5 Å². The molecule has 1 heterocycles. The van der Waals surface area contributed by atoms with Crippen LogP contribution in [0, 0.1) is 5.92 Å². The molecule has 1 amide bonds. The highest BCUT2D eigenvalue weighted by Gasteiger charge is 2.41. The highest BCUT2D eigenvalue weighted by Crippen LogP contribution is 2.23. The highest BCUT2D eigenvalue weighted by molar-refractivity contribution is 5.83. The van der Waals surface area contributed by atoms with Crippen LogP contribution in [0.1, 0.15) is 27.2 Å². The van der Waals surface area contributed by atoms with Crippen LogP contribution in [0.25, 0.3) is 0 Å². The summed E-state index contributed by atoms with van der Waals surface area (Å²) in [5.74, 6) is -0.726. The summed E-state index contributed by atoms with van der Waals surface area (Å²) < 4.78 is 18.7. The van der Waals surface area contributed by atoms with Crippen LogP contribution in [0.15, 0.2) is 0 Å². The van der Waals surface area contributed by atoms with E-state index in [4.69, 9.17) is 4.74 Å². The first-order chi connectivity index (χ1) is 6.56. The summed E-state index contributed by atoms with van der Waals surface area (Å²) in [5.41, 5.74) is 0. The van der Waals surface area contributed by atoms with E-state index in [0.717, 1.165) is 0 Å². The van der Waals surface area contributed by atoms with Crippen LogP contribution in [0.4, 0.5) is 4.39 Å². The second kappa shape index (κ2) is 4.73. The average Bonchev–Trinajstić information content (AvgIpc) is 2.39. The molecule has 1 aliphatic heterocycles. The molecule has 1 rings (SSSR count). The van der Waals surface area contributed by atoms with Gasteiger partial charge in [0.25, 0.3) is 5.91 Å². The molecule has 1 N–H and O–H groups in total. The van der Waals surface area contributed by atoms with Gasteiger partial charge in [-0.05, 0) is 20.3 Å². The van der Waals surface area contributed by atoms with Crippen molar-refractivity contribution in [1.82, 2.24) is 5.32 Å². The first kappa shape index (κ1) is 11.4. The zero-order valence-electron chi connectivity index (χ0n) is 8.92. The van der Waals surface area contributed by atoms with Crippen LogP contribution in [0.2, 0.25) is 0 Å². The number of nitrogens with one attached hydrogen (secondary N) is 1. The van der Waals surface area contributed by atoms with Crippen molar-refractivity contribution in [3.8, 4) is 0 Å². The summed E-state index contributed by atoms with van der Waals surface area (Å²) in [4.78, 5) is 11.1. The molecule has 0 aliphatic carbocycles. The summed E-state index contributed by atoms with van der Waals surface area (Å²) >= 11 is 0. The third-order valence-corrected chi connectivity index (χ3v) is 2.55. The molecule has 0 aromatic carbocycles. The standard InChI is InChI=1S/C10H18FNO2/c1-4-7-8(5-14-6(2)3)12-10(13)9(7)11/h6-9H,4-5H2,1-3H3,(H,12,13)/t7-,8+,9-/m0/s1. The van der Waals surface area contributed by atoms with Crippen molar-refractivity contribution >= 4 is 5.91 Å². The van der Waals surface area contributed by atoms with E-state index in [9.17, 15) is 9.18 Å². The Balaban J connectivity index is 2.48. The maximum Gasteiger partial charge on any atom is 0.255 e. The van der Waals surface area contributed by atoms with Gasteiger partial charge in [-0.2, -0.15) is 0 Å². The predicted molar refractivity (Wildman–Crippen MR) is 51.7 cm³/mol. The molecule has 4 heteroatoms. The van der Waals surface area contributed by atoms with Gasteiger partial charge in [-0.25, -0.2) is 4.39 Å². The maximum absolute atomic E-state index is 13.3. The van der Waals surface area contributed by atoms with Crippen LogP contribution >= 0.6 is 0 Å². The Morgan fingerprint density at radius 1 is 1.57 bits per heavy atom. The average molecular weight is 203 g/mol. The molecule has 0 unspecified atom stereocenters. The van der Waals surface area contributed by atoms with Gasteiger partial charge in [0.15, 0.2) is 6.17 Å². The molecule has 0 radical (unpaired) electrons. The molecular weight excluding hydrogens is 185 g/mol. The first-order valence-corrected chi connectivity index (χ1v) is 5.12. The minimum Gasteiger partial charge on any atom is -0.377 e. The summed E-state index contributed by atoms with van der Waals surface area (Å²) in [5, 5.41) is 2.62.